The summed E-state index contributed by atoms with van der Waals surface area (Å²) in [7, 11) is 0. The van der Waals surface area contributed by atoms with Crippen LogP contribution in [0.4, 0.5) is 21.9 Å². The molecule has 0 spiro atoms. The second kappa shape index (κ2) is 10.8. The number of para-hydroxylation sites is 1. The lowest BCUT2D eigenvalue weighted by molar-refractivity contribution is -0.120. The molecule has 0 aliphatic heterocycles. The van der Waals surface area contributed by atoms with Crippen LogP contribution in [0.1, 0.15) is 30.5 Å². The fourth-order valence-corrected chi connectivity index (χ4v) is 3.22. The summed E-state index contributed by atoms with van der Waals surface area (Å²) in [6, 6.07) is 22.9. The first-order chi connectivity index (χ1) is 15.4. The molecule has 4 amide bonds. The molecule has 0 saturated heterocycles. The zero-order chi connectivity index (χ0) is 22.9. The van der Waals surface area contributed by atoms with Gasteiger partial charge in [0.2, 0.25) is 11.8 Å². The molecule has 1 unspecified atom stereocenters. The van der Waals surface area contributed by atoms with E-state index >= 15 is 0 Å². The molecule has 0 fully saturated rings. The van der Waals surface area contributed by atoms with Gasteiger partial charge in [0, 0.05) is 24.0 Å². The Morgan fingerprint density at radius 3 is 2.06 bits per heavy atom. The maximum atomic E-state index is 12.7. The van der Waals surface area contributed by atoms with E-state index in [0.29, 0.717) is 17.1 Å². The molecule has 3 rings (SSSR count). The number of hydrogen-bond acceptors (Lipinski definition) is 3. The highest BCUT2D eigenvalue weighted by atomic mass is 16.2. The van der Waals surface area contributed by atoms with Gasteiger partial charge in [-0.2, -0.15) is 0 Å². The Bertz CT molecular complexity index is 1080. The van der Waals surface area contributed by atoms with E-state index in [2.05, 4.69) is 21.3 Å². The number of benzene rings is 3. The Morgan fingerprint density at radius 2 is 1.41 bits per heavy atom. The third-order valence-corrected chi connectivity index (χ3v) is 4.77. The van der Waals surface area contributed by atoms with Crippen LogP contribution in [0.5, 0.6) is 0 Å². The van der Waals surface area contributed by atoms with Crippen molar-refractivity contribution in [1.29, 1.82) is 0 Å². The zero-order valence-corrected chi connectivity index (χ0v) is 18.0. The van der Waals surface area contributed by atoms with Crippen LogP contribution in [0.3, 0.4) is 0 Å². The van der Waals surface area contributed by atoms with Crippen molar-refractivity contribution in [3.8, 4) is 0 Å². The van der Waals surface area contributed by atoms with Gasteiger partial charge in [-0.3, -0.25) is 9.59 Å². The molecule has 32 heavy (non-hydrogen) atoms. The van der Waals surface area contributed by atoms with Crippen molar-refractivity contribution in [1.82, 2.24) is 5.32 Å². The quantitative estimate of drug-likeness (QED) is 0.431. The number of carbonyl (C=O) groups excluding carboxylic acids is 3. The van der Waals surface area contributed by atoms with E-state index in [9.17, 15) is 14.4 Å². The summed E-state index contributed by atoms with van der Waals surface area (Å²) in [4.78, 5) is 36.6. The SMILES string of the molecule is CC(=O)NC(CC(=O)Nc1cc(NC(=O)Nc2ccccc2)ccc1C)c1ccccc1. The first-order valence-electron chi connectivity index (χ1n) is 10.3. The van der Waals surface area contributed by atoms with Crippen LogP contribution in [-0.2, 0) is 9.59 Å². The number of rotatable bonds is 7. The highest BCUT2D eigenvalue weighted by Gasteiger charge is 2.18. The number of amides is 4. The summed E-state index contributed by atoms with van der Waals surface area (Å²) < 4.78 is 0. The van der Waals surface area contributed by atoms with Crippen molar-refractivity contribution >= 4 is 34.9 Å². The Labute approximate surface area is 187 Å². The van der Waals surface area contributed by atoms with Crippen molar-refractivity contribution < 1.29 is 14.4 Å². The zero-order valence-electron chi connectivity index (χ0n) is 18.0. The van der Waals surface area contributed by atoms with Crippen molar-refractivity contribution in [3.63, 3.8) is 0 Å². The minimum atomic E-state index is -0.438. The molecule has 3 aromatic carbocycles. The number of hydrogen-bond donors (Lipinski definition) is 4. The van der Waals surface area contributed by atoms with E-state index in [4.69, 9.17) is 0 Å². The van der Waals surface area contributed by atoms with Gasteiger partial charge in [0.05, 0.1) is 12.5 Å². The average molecular weight is 431 g/mol. The highest BCUT2D eigenvalue weighted by molar-refractivity contribution is 6.00. The summed E-state index contributed by atoms with van der Waals surface area (Å²) in [6.07, 6.45) is 0.0786. The Balaban J connectivity index is 1.66. The topological polar surface area (TPSA) is 99.3 Å². The van der Waals surface area contributed by atoms with E-state index in [1.54, 1.807) is 24.3 Å². The lowest BCUT2D eigenvalue weighted by atomic mass is 10.0. The normalized spacial score (nSPS) is 11.2. The number of carbonyl (C=O) groups is 3. The van der Waals surface area contributed by atoms with Crippen molar-refractivity contribution in [2.75, 3.05) is 16.0 Å². The highest BCUT2D eigenvalue weighted by Crippen LogP contribution is 2.23. The molecule has 1 atom stereocenters. The molecule has 7 heteroatoms. The van der Waals surface area contributed by atoms with Gasteiger partial charge in [-0.05, 0) is 42.3 Å². The van der Waals surface area contributed by atoms with Gasteiger partial charge in [-0.25, -0.2) is 4.79 Å². The van der Waals surface area contributed by atoms with Gasteiger partial charge in [-0.15, -0.1) is 0 Å². The van der Waals surface area contributed by atoms with Crippen LogP contribution >= 0.6 is 0 Å². The maximum Gasteiger partial charge on any atom is 0.323 e. The predicted octanol–water partition coefficient (Wildman–Crippen LogP) is 4.85. The van der Waals surface area contributed by atoms with Crippen LogP contribution in [0.15, 0.2) is 78.9 Å². The largest absolute Gasteiger partial charge is 0.349 e. The molecule has 0 aliphatic carbocycles. The Hall–Kier alpha value is -4.13. The summed E-state index contributed by atoms with van der Waals surface area (Å²) in [6.45, 7) is 3.29. The molecular formula is C25H26N4O3. The lowest BCUT2D eigenvalue weighted by Gasteiger charge is -2.19. The Morgan fingerprint density at radius 1 is 0.781 bits per heavy atom. The first kappa shape index (κ1) is 22.6. The third kappa shape index (κ3) is 6.70. The fraction of sp³-hybridized carbons (Fsp3) is 0.160. The van der Waals surface area contributed by atoms with Crippen LogP contribution in [0, 0.1) is 6.92 Å². The van der Waals surface area contributed by atoms with Crippen molar-refractivity contribution in [2.45, 2.75) is 26.3 Å². The number of aryl methyl sites for hydroxylation is 1. The summed E-state index contributed by atoms with van der Waals surface area (Å²) in [5.74, 6) is -0.458. The fourth-order valence-electron chi connectivity index (χ4n) is 3.22. The molecule has 0 heterocycles. The summed E-state index contributed by atoms with van der Waals surface area (Å²) in [5, 5.41) is 11.2. The molecule has 4 N–H and O–H groups in total. The molecule has 7 nitrogen and oxygen atoms in total. The summed E-state index contributed by atoms with van der Waals surface area (Å²) in [5.41, 5.74) is 3.50. The van der Waals surface area contributed by atoms with Gasteiger partial charge in [0.15, 0.2) is 0 Å². The van der Waals surface area contributed by atoms with Gasteiger partial charge in [-0.1, -0.05) is 54.6 Å². The van der Waals surface area contributed by atoms with Crippen LogP contribution < -0.4 is 21.3 Å². The standard InChI is InChI=1S/C25H26N4O3/c1-17-13-14-21(28-25(32)27-20-11-7-4-8-12-20)15-22(17)29-24(31)16-23(26-18(2)30)19-9-5-3-6-10-19/h3-15,23H,16H2,1-2H3,(H,26,30)(H,29,31)(H2,27,28,32). The van der Waals surface area contributed by atoms with Gasteiger partial charge in [0.25, 0.3) is 0 Å². The minimum absolute atomic E-state index is 0.0786. The third-order valence-electron chi connectivity index (χ3n) is 4.77. The predicted molar refractivity (Wildman–Crippen MR) is 127 cm³/mol. The van der Waals surface area contributed by atoms with Crippen LogP contribution in [0.2, 0.25) is 0 Å². The number of anilines is 3. The molecule has 0 aliphatic rings. The van der Waals surface area contributed by atoms with Crippen LogP contribution in [0.25, 0.3) is 0 Å². The van der Waals surface area contributed by atoms with E-state index in [0.717, 1.165) is 11.1 Å². The minimum Gasteiger partial charge on any atom is -0.349 e. The van der Waals surface area contributed by atoms with E-state index in [1.165, 1.54) is 6.92 Å². The lowest BCUT2D eigenvalue weighted by Crippen LogP contribution is -2.29. The van der Waals surface area contributed by atoms with E-state index < -0.39 is 6.04 Å². The van der Waals surface area contributed by atoms with Gasteiger partial charge < -0.3 is 21.3 Å². The van der Waals surface area contributed by atoms with Crippen molar-refractivity contribution in [2.24, 2.45) is 0 Å². The van der Waals surface area contributed by atoms with Crippen LogP contribution in [-0.4, -0.2) is 17.8 Å². The molecule has 0 saturated carbocycles. The van der Waals surface area contributed by atoms with Gasteiger partial charge >= 0.3 is 6.03 Å². The molecule has 0 bridgehead atoms. The monoisotopic (exact) mass is 430 g/mol. The second-order valence-corrected chi connectivity index (χ2v) is 7.39. The smallest absolute Gasteiger partial charge is 0.323 e. The average Bonchev–Trinajstić information content (AvgIpc) is 2.76. The maximum absolute atomic E-state index is 12.7. The molecule has 0 radical (unpaired) electrons. The Kier molecular flexibility index (Phi) is 7.59. The first-order valence-corrected chi connectivity index (χ1v) is 10.3. The van der Waals surface area contributed by atoms with E-state index in [1.807, 2.05) is 61.5 Å². The molecular weight excluding hydrogens is 404 g/mol. The van der Waals surface area contributed by atoms with Crippen molar-refractivity contribution in [3.05, 3.63) is 90.0 Å². The van der Waals surface area contributed by atoms with E-state index in [-0.39, 0.29) is 24.3 Å². The molecule has 164 valence electrons. The number of nitrogens with one attached hydrogen (secondary N) is 4. The molecule has 3 aromatic rings. The second-order valence-electron chi connectivity index (χ2n) is 7.39. The molecule has 0 aromatic heterocycles. The summed E-state index contributed by atoms with van der Waals surface area (Å²) >= 11 is 0. The van der Waals surface area contributed by atoms with Gasteiger partial charge in [0.1, 0.15) is 0 Å². The number of urea groups is 1.